The second kappa shape index (κ2) is 9.83. The van der Waals surface area contributed by atoms with Gasteiger partial charge in [0.05, 0.1) is 18.9 Å². The average Bonchev–Trinajstić information content (AvgIpc) is 2.86. The lowest BCUT2D eigenvalue weighted by Crippen LogP contribution is -1.96. The fourth-order valence-corrected chi connectivity index (χ4v) is 0.855. The van der Waals surface area contributed by atoms with E-state index in [4.69, 9.17) is 0 Å². The molecule has 0 N–H and O–H groups in total. The van der Waals surface area contributed by atoms with Crippen LogP contribution in [0.4, 0.5) is 0 Å². The Morgan fingerprint density at radius 3 is 1.94 bits per heavy atom. The lowest BCUT2D eigenvalue weighted by molar-refractivity contribution is 0.569. The summed E-state index contributed by atoms with van der Waals surface area (Å²) >= 11 is 0. The summed E-state index contributed by atoms with van der Waals surface area (Å²) in [5.74, 6) is 0. The molecule has 88 valence electrons. The normalized spacial score (nSPS) is 8.25. The van der Waals surface area contributed by atoms with E-state index in [0.29, 0.717) is 0 Å². The van der Waals surface area contributed by atoms with Gasteiger partial charge in [0, 0.05) is 11.9 Å². The first kappa shape index (κ1) is 14.3. The highest BCUT2D eigenvalue weighted by molar-refractivity contribution is 4.99. The van der Waals surface area contributed by atoms with Gasteiger partial charge in [-0.05, 0) is 26.0 Å². The third-order valence-corrected chi connectivity index (χ3v) is 1.56. The summed E-state index contributed by atoms with van der Waals surface area (Å²) in [4.78, 5) is 5.60. The van der Waals surface area contributed by atoms with Crippen molar-refractivity contribution in [1.82, 2.24) is 20.0 Å². The molecule has 4 heteroatoms. The Bertz CT molecular complexity index is 329. The van der Waals surface area contributed by atoms with Crippen LogP contribution in [0.25, 0.3) is 0 Å². The van der Waals surface area contributed by atoms with Crippen LogP contribution in [-0.2, 0) is 6.54 Å². The molecule has 0 aliphatic heterocycles. The summed E-state index contributed by atoms with van der Waals surface area (Å²) in [6.45, 7) is 8.83. The van der Waals surface area contributed by atoms with E-state index < -0.39 is 0 Å². The van der Waals surface area contributed by atoms with E-state index in [1.54, 1.807) is 23.4 Å². The average molecular weight is 220 g/mol. The van der Waals surface area contributed by atoms with Crippen molar-refractivity contribution in [2.45, 2.75) is 34.2 Å². The second-order valence-electron chi connectivity index (χ2n) is 2.69. The predicted molar refractivity (Wildman–Crippen MR) is 66.0 cm³/mol. The van der Waals surface area contributed by atoms with Crippen LogP contribution in [0.5, 0.6) is 0 Å². The Hall–Kier alpha value is -1.71. The first-order chi connectivity index (χ1) is 7.83. The van der Waals surface area contributed by atoms with Crippen LogP contribution >= 0.6 is 0 Å². The Morgan fingerprint density at radius 1 is 1.06 bits per heavy atom. The highest BCUT2D eigenvalue weighted by Gasteiger charge is 1.78. The molecule has 2 aromatic rings. The second-order valence-corrected chi connectivity index (χ2v) is 2.69. The largest absolute Gasteiger partial charge is 0.262 e. The molecule has 0 aliphatic rings. The van der Waals surface area contributed by atoms with Crippen LogP contribution in [0.2, 0.25) is 0 Å². The number of hydrogen-bond acceptors (Lipinski definition) is 3. The third kappa shape index (κ3) is 6.70. The molecule has 4 nitrogen and oxygen atoms in total. The maximum atomic E-state index is 3.98. The Morgan fingerprint density at radius 2 is 1.69 bits per heavy atom. The molecule has 0 aliphatic carbocycles. The molecule has 2 aromatic heterocycles. The molecule has 2 heterocycles. The van der Waals surface area contributed by atoms with E-state index in [9.17, 15) is 0 Å². The molecule has 0 fully saturated rings. The summed E-state index contributed by atoms with van der Waals surface area (Å²) in [5, 5.41) is 7.68. The number of hydrogen-bond donors (Lipinski definition) is 0. The van der Waals surface area contributed by atoms with Crippen molar-refractivity contribution in [2.24, 2.45) is 0 Å². The lowest BCUT2D eigenvalue weighted by atomic mass is 10.4. The Labute approximate surface area is 97.3 Å². The Kier molecular flexibility index (Phi) is 8.78. The zero-order chi connectivity index (χ0) is 12.2. The predicted octanol–water partition coefficient (Wildman–Crippen LogP) is 2.71. The summed E-state index contributed by atoms with van der Waals surface area (Å²) in [5.41, 5.74) is 1.07. The van der Waals surface area contributed by atoms with Crippen LogP contribution in [0, 0.1) is 6.92 Å². The monoisotopic (exact) mass is 220 g/mol. The topological polar surface area (TPSA) is 43.6 Å². The molecule has 0 bridgehead atoms. The van der Waals surface area contributed by atoms with Gasteiger partial charge in [-0.15, -0.1) is 0 Å². The molecule has 0 radical (unpaired) electrons. The molecule has 0 unspecified atom stereocenters. The van der Waals surface area contributed by atoms with Gasteiger partial charge >= 0.3 is 0 Å². The van der Waals surface area contributed by atoms with Gasteiger partial charge in [0.25, 0.3) is 0 Å². The molecule has 0 saturated carbocycles. The van der Waals surface area contributed by atoms with Crippen LogP contribution in [0.15, 0.2) is 36.8 Å². The fraction of sp³-hybridized carbons (Fsp3) is 0.417. The van der Waals surface area contributed by atoms with Gasteiger partial charge in [-0.1, -0.05) is 19.9 Å². The van der Waals surface area contributed by atoms with Gasteiger partial charge in [-0.2, -0.15) is 15.0 Å². The van der Waals surface area contributed by atoms with E-state index >= 15 is 0 Å². The fourth-order valence-electron chi connectivity index (χ4n) is 0.855. The standard InChI is InChI=1S/C6H7N.C4H7N3.C2H6/c1-6-4-2-3-5-7-6;1-2-7-5-3-4-6-7;1-2/h2-5H,1H3;3-4H,2H2,1H3;1-2H3. The molecule has 0 saturated heterocycles. The van der Waals surface area contributed by atoms with Gasteiger partial charge in [0.15, 0.2) is 0 Å². The molecule has 0 atom stereocenters. The number of pyridine rings is 1. The van der Waals surface area contributed by atoms with E-state index in [1.165, 1.54) is 0 Å². The van der Waals surface area contributed by atoms with Crippen molar-refractivity contribution in [3.63, 3.8) is 0 Å². The van der Waals surface area contributed by atoms with E-state index in [0.717, 1.165) is 12.2 Å². The van der Waals surface area contributed by atoms with E-state index in [2.05, 4.69) is 15.2 Å². The van der Waals surface area contributed by atoms with Crippen LogP contribution in [0.3, 0.4) is 0 Å². The van der Waals surface area contributed by atoms with Gasteiger partial charge in [-0.25, -0.2) is 0 Å². The van der Waals surface area contributed by atoms with Crippen molar-refractivity contribution in [3.05, 3.63) is 42.5 Å². The van der Waals surface area contributed by atoms with Crippen LogP contribution in [0.1, 0.15) is 26.5 Å². The van der Waals surface area contributed by atoms with Crippen molar-refractivity contribution in [3.8, 4) is 0 Å². The molecule has 0 aromatic carbocycles. The molecular formula is C12H20N4. The quantitative estimate of drug-likeness (QED) is 0.742. The third-order valence-electron chi connectivity index (χ3n) is 1.56. The van der Waals surface area contributed by atoms with Crippen molar-refractivity contribution < 1.29 is 0 Å². The van der Waals surface area contributed by atoms with Crippen LogP contribution < -0.4 is 0 Å². The number of aromatic nitrogens is 4. The smallest absolute Gasteiger partial charge is 0.0693 e. The number of aryl methyl sites for hydroxylation is 2. The highest BCUT2D eigenvalue weighted by atomic mass is 15.5. The van der Waals surface area contributed by atoms with E-state index in [-0.39, 0.29) is 0 Å². The lowest BCUT2D eigenvalue weighted by Gasteiger charge is -1.85. The maximum Gasteiger partial charge on any atom is 0.0693 e. The molecule has 0 amide bonds. The van der Waals surface area contributed by atoms with Gasteiger partial charge in [0.2, 0.25) is 0 Å². The molecule has 16 heavy (non-hydrogen) atoms. The van der Waals surface area contributed by atoms with Crippen molar-refractivity contribution in [1.29, 1.82) is 0 Å². The highest BCUT2D eigenvalue weighted by Crippen LogP contribution is 1.86. The van der Waals surface area contributed by atoms with E-state index in [1.807, 2.05) is 45.9 Å². The van der Waals surface area contributed by atoms with Crippen LogP contribution in [-0.4, -0.2) is 20.0 Å². The summed E-state index contributed by atoms with van der Waals surface area (Å²) in [6.07, 6.45) is 5.13. The minimum absolute atomic E-state index is 0.854. The molecule has 2 rings (SSSR count). The van der Waals surface area contributed by atoms with Crippen molar-refractivity contribution in [2.75, 3.05) is 0 Å². The van der Waals surface area contributed by atoms with Crippen molar-refractivity contribution >= 4 is 0 Å². The SMILES string of the molecule is CC.CCn1nccn1.Cc1ccccn1. The first-order valence-corrected chi connectivity index (χ1v) is 5.54. The zero-order valence-corrected chi connectivity index (χ0v) is 10.5. The summed E-state index contributed by atoms with van der Waals surface area (Å²) in [7, 11) is 0. The molecular weight excluding hydrogens is 200 g/mol. The number of rotatable bonds is 1. The van der Waals surface area contributed by atoms with Gasteiger partial charge < -0.3 is 0 Å². The first-order valence-electron chi connectivity index (χ1n) is 5.54. The maximum absolute atomic E-state index is 3.98. The van der Waals surface area contributed by atoms with Gasteiger partial charge in [0.1, 0.15) is 0 Å². The molecule has 0 spiro atoms. The minimum Gasteiger partial charge on any atom is -0.262 e. The summed E-state index contributed by atoms with van der Waals surface area (Å²) in [6, 6.07) is 5.86. The number of nitrogens with zero attached hydrogens (tertiary/aromatic N) is 4. The zero-order valence-electron chi connectivity index (χ0n) is 10.5. The minimum atomic E-state index is 0.854. The summed E-state index contributed by atoms with van der Waals surface area (Å²) < 4.78 is 0. The Balaban J connectivity index is 0.000000244. The van der Waals surface area contributed by atoms with Gasteiger partial charge in [-0.3, -0.25) is 4.98 Å².